The first kappa shape index (κ1) is 9.92. The van der Waals surface area contributed by atoms with Crippen molar-refractivity contribution in [3.8, 4) is 0 Å². The van der Waals surface area contributed by atoms with E-state index in [9.17, 15) is 0 Å². The van der Waals surface area contributed by atoms with Gasteiger partial charge in [0.15, 0.2) is 0 Å². The highest BCUT2D eigenvalue weighted by Gasteiger charge is 2.08. The predicted octanol–water partition coefficient (Wildman–Crippen LogP) is 0.815. The fraction of sp³-hybridized carbons (Fsp3) is 0.556. The quantitative estimate of drug-likeness (QED) is 0.747. The highest BCUT2D eigenvalue weighted by atomic mass is 16.3. The molecule has 4 nitrogen and oxygen atoms in total. The Morgan fingerprint density at radius 1 is 1.38 bits per heavy atom. The summed E-state index contributed by atoms with van der Waals surface area (Å²) >= 11 is 0. The van der Waals surface area contributed by atoms with Gasteiger partial charge in [-0.05, 0) is 13.8 Å². The van der Waals surface area contributed by atoms with Gasteiger partial charge in [-0.1, -0.05) is 0 Å². The van der Waals surface area contributed by atoms with Gasteiger partial charge in [0, 0.05) is 24.8 Å². The van der Waals surface area contributed by atoms with Gasteiger partial charge in [-0.15, -0.1) is 0 Å². The van der Waals surface area contributed by atoms with Crippen LogP contribution >= 0.6 is 0 Å². The molecule has 0 fully saturated rings. The standard InChI is InChI=1S/C9H15N3O/c1-3-12(4-2)9-8(6-13)5-10-7-11-9/h5,7,13H,3-4,6H2,1-2H3. The maximum absolute atomic E-state index is 9.05. The second kappa shape index (κ2) is 4.77. The van der Waals surface area contributed by atoms with Crippen LogP contribution in [0.4, 0.5) is 5.82 Å². The monoisotopic (exact) mass is 181 g/mol. The van der Waals surface area contributed by atoms with E-state index in [0.29, 0.717) is 0 Å². The zero-order chi connectivity index (χ0) is 9.68. The number of hydrogen-bond donors (Lipinski definition) is 1. The molecule has 0 aliphatic heterocycles. The maximum atomic E-state index is 9.05. The summed E-state index contributed by atoms with van der Waals surface area (Å²) in [4.78, 5) is 10.1. The fourth-order valence-corrected chi connectivity index (χ4v) is 1.27. The third-order valence-corrected chi connectivity index (χ3v) is 2.00. The molecule has 0 saturated heterocycles. The third kappa shape index (κ3) is 2.15. The van der Waals surface area contributed by atoms with Gasteiger partial charge < -0.3 is 10.0 Å². The Morgan fingerprint density at radius 3 is 2.62 bits per heavy atom. The molecule has 72 valence electrons. The van der Waals surface area contributed by atoms with Crippen LogP contribution in [0.3, 0.4) is 0 Å². The van der Waals surface area contributed by atoms with E-state index >= 15 is 0 Å². The zero-order valence-electron chi connectivity index (χ0n) is 8.06. The van der Waals surface area contributed by atoms with E-state index in [-0.39, 0.29) is 6.61 Å². The molecule has 1 N–H and O–H groups in total. The van der Waals surface area contributed by atoms with Crippen molar-refractivity contribution in [2.45, 2.75) is 20.5 Å². The second-order valence-corrected chi connectivity index (χ2v) is 2.70. The van der Waals surface area contributed by atoms with Gasteiger partial charge in [0.05, 0.1) is 6.61 Å². The van der Waals surface area contributed by atoms with Crippen molar-refractivity contribution < 1.29 is 5.11 Å². The summed E-state index contributed by atoms with van der Waals surface area (Å²) in [6.07, 6.45) is 3.16. The van der Waals surface area contributed by atoms with Gasteiger partial charge >= 0.3 is 0 Å². The smallest absolute Gasteiger partial charge is 0.137 e. The molecule has 1 heterocycles. The summed E-state index contributed by atoms with van der Waals surface area (Å²) in [6, 6.07) is 0. The lowest BCUT2D eigenvalue weighted by Gasteiger charge is -2.21. The van der Waals surface area contributed by atoms with E-state index in [1.165, 1.54) is 6.33 Å². The lowest BCUT2D eigenvalue weighted by Crippen LogP contribution is -2.24. The first-order valence-corrected chi connectivity index (χ1v) is 4.48. The molecule has 1 rings (SSSR count). The maximum Gasteiger partial charge on any atom is 0.137 e. The average Bonchev–Trinajstić information content (AvgIpc) is 2.20. The summed E-state index contributed by atoms with van der Waals surface area (Å²) < 4.78 is 0. The van der Waals surface area contributed by atoms with Gasteiger partial charge in [0.1, 0.15) is 12.1 Å². The minimum atomic E-state index is -0.00727. The first-order chi connectivity index (χ1) is 6.33. The number of aliphatic hydroxyl groups is 1. The molecule has 0 unspecified atom stereocenters. The molecule has 0 spiro atoms. The fourth-order valence-electron chi connectivity index (χ4n) is 1.27. The molecule has 13 heavy (non-hydrogen) atoms. The van der Waals surface area contributed by atoms with Crippen LogP contribution in [-0.4, -0.2) is 28.2 Å². The Hall–Kier alpha value is -1.16. The van der Waals surface area contributed by atoms with Crippen LogP contribution in [0.2, 0.25) is 0 Å². The lowest BCUT2D eigenvalue weighted by atomic mass is 10.3. The van der Waals surface area contributed by atoms with Crippen LogP contribution < -0.4 is 4.90 Å². The molecule has 1 aromatic rings. The van der Waals surface area contributed by atoms with Crippen LogP contribution in [0.5, 0.6) is 0 Å². The number of aromatic nitrogens is 2. The molecule has 0 amide bonds. The molecule has 0 radical (unpaired) electrons. The minimum Gasteiger partial charge on any atom is -0.391 e. The molecule has 0 bridgehead atoms. The molecule has 1 aromatic heterocycles. The summed E-state index contributed by atoms with van der Waals surface area (Å²) in [5.74, 6) is 0.836. The average molecular weight is 181 g/mol. The van der Waals surface area contributed by atoms with Crippen molar-refractivity contribution in [1.82, 2.24) is 9.97 Å². The SMILES string of the molecule is CCN(CC)c1ncncc1CO. The topological polar surface area (TPSA) is 49.2 Å². The molecular formula is C9H15N3O. The molecule has 0 atom stereocenters. The van der Waals surface area contributed by atoms with Crippen molar-refractivity contribution in [1.29, 1.82) is 0 Å². The van der Waals surface area contributed by atoms with E-state index in [4.69, 9.17) is 5.11 Å². The number of anilines is 1. The van der Waals surface area contributed by atoms with Crippen molar-refractivity contribution in [3.05, 3.63) is 18.1 Å². The van der Waals surface area contributed by atoms with Gasteiger partial charge in [0.2, 0.25) is 0 Å². The number of nitrogens with zero attached hydrogens (tertiary/aromatic N) is 3. The summed E-state index contributed by atoms with van der Waals surface area (Å²) in [5, 5.41) is 9.05. The number of hydrogen-bond acceptors (Lipinski definition) is 4. The normalized spacial score (nSPS) is 10.1. The predicted molar refractivity (Wildman–Crippen MR) is 51.5 cm³/mol. The number of aliphatic hydroxyl groups excluding tert-OH is 1. The van der Waals surface area contributed by atoms with E-state index in [2.05, 4.69) is 28.7 Å². The van der Waals surface area contributed by atoms with Crippen molar-refractivity contribution in [2.75, 3.05) is 18.0 Å². The van der Waals surface area contributed by atoms with Crippen LogP contribution in [0.15, 0.2) is 12.5 Å². The molecule has 0 aliphatic carbocycles. The van der Waals surface area contributed by atoms with Gasteiger partial charge in [0.25, 0.3) is 0 Å². The third-order valence-electron chi connectivity index (χ3n) is 2.00. The Kier molecular flexibility index (Phi) is 3.64. The van der Waals surface area contributed by atoms with Gasteiger partial charge in [-0.3, -0.25) is 0 Å². The Morgan fingerprint density at radius 2 is 2.08 bits per heavy atom. The number of rotatable bonds is 4. The summed E-state index contributed by atoms with van der Waals surface area (Å²) in [5.41, 5.74) is 0.784. The van der Waals surface area contributed by atoms with E-state index in [1.807, 2.05) is 0 Å². The van der Waals surface area contributed by atoms with Crippen LogP contribution in [-0.2, 0) is 6.61 Å². The van der Waals surface area contributed by atoms with E-state index < -0.39 is 0 Å². The second-order valence-electron chi connectivity index (χ2n) is 2.70. The minimum absolute atomic E-state index is 0.00727. The molecule has 4 heteroatoms. The van der Waals surface area contributed by atoms with E-state index in [0.717, 1.165) is 24.5 Å². The van der Waals surface area contributed by atoms with Crippen molar-refractivity contribution in [2.24, 2.45) is 0 Å². The summed E-state index contributed by atoms with van der Waals surface area (Å²) in [7, 11) is 0. The largest absolute Gasteiger partial charge is 0.391 e. The molecule has 0 saturated carbocycles. The molecule has 0 aliphatic rings. The Balaban J connectivity index is 2.96. The lowest BCUT2D eigenvalue weighted by molar-refractivity contribution is 0.281. The van der Waals surface area contributed by atoms with Gasteiger partial charge in [-0.25, -0.2) is 9.97 Å². The van der Waals surface area contributed by atoms with E-state index in [1.54, 1.807) is 6.20 Å². The van der Waals surface area contributed by atoms with Crippen LogP contribution in [0, 0.1) is 0 Å². The highest BCUT2D eigenvalue weighted by Crippen LogP contribution is 2.14. The molecule has 0 aromatic carbocycles. The highest BCUT2D eigenvalue weighted by molar-refractivity contribution is 5.44. The van der Waals surface area contributed by atoms with Crippen LogP contribution in [0.1, 0.15) is 19.4 Å². The summed E-state index contributed by atoms with van der Waals surface area (Å²) in [6.45, 7) is 5.90. The zero-order valence-corrected chi connectivity index (χ0v) is 8.06. The Bertz CT molecular complexity index is 261. The van der Waals surface area contributed by atoms with Crippen LogP contribution in [0.25, 0.3) is 0 Å². The first-order valence-electron chi connectivity index (χ1n) is 4.48. The van der Waals surface area contributed by atoms with Crippen molar-refractivity contribution in [3.63, 3.8) is 0 Å². The molecular weight excluding hydrogens is 166 g/mol. The Labute approximate surface area is 78.2 Å². The van der Waals surface area contributed by atoms with Gasteiger partial charge in [-0.2, -0.15) is 0 Å². The van der Waals surface area contributed by atoms with Crippen molar-refractivity contribution >= 4 is 5.82 Å².